The summed E-state index contributed by atoms with van der Waals surface area (Å²) in [5.74, 6) is 0. The maximum atomic E-state index is 4.11. The Kier molecular flexibility index (Phi) is 3.44. The molecule has 1 aromatic rings. The van der Waals surface area contributed by atoms with Gasteiger partial charge in [0.25, 0.3) is 0 Å². The van der Waals surface area contributed by atoms with Crippen molar-refractivity contribution in [3.8, 4) is 0 Å². The Morgan fingerprint density at radius 2 is 1.92 bits per heavy atom. The van der Waals surface area contributed by atoms with E-state index in [0.717, 1.165) is 17.7 Å². The number of benzene rings is 1. The second-order valence-corrected chi connectivity index (χ2v) is 3.11. The Morgan fingerprint density at radius 3 is 2.46 bits per heavy atom. The third kappa shape index (κ3) is 2.86. The molecule has 0 aromatic heterocycles. The molecule has 1 rings (SSSR count). The van der Waals surface area contributed by atoms with Gasteiger partial charge in [0, 0.05) is 19.2 Å². The predicted molar refractivity (Wildman–Crippen MR) is 59.1 cm³/mol. The smallest absolute Gasteiger partial charge is 0.0276 e. The van der Waals surface area contributed by atoms with E-state index in [0.29, 0.717) is 0 Å². The van der Waals surface area contributed by atoms with Gasteiger partial charge in [-0.05, 0) is 18.1 Å². The van der Waals surface area contributed by atoms with Gasteiger partial charge < -0.3 is 0 Å². The quantitative estimate of drug-likeness (QED) is 0.622. The molecule has 0 N–H and O–H groups in total. The summed E-state index contributed by atoms with van der Waals surface area (Å²) in [6, 6.07) is 10.2. The van der Waals surface area contributed by atoms with E-state index in [1.807, 2.05) is 32.2 Å². The normalized spacial score (nSPS) is 11.4. The molecule has 0 heterocycles. The van der Waals surface area contributed by atoms with Crippen LogP contribution in [0.4, 0.5) is 0 Å². The first-order chi connectivity index (χ1) is 6.24. The van der Waals surface area contributed by atoms with Crippen molar-refractivity contribution in [2.24, 2.45) is 4.99 Å². The van der Waals surface area contributed by atoms with E-state index in [1.165, 1.54) is 5.56 Å². The van der Waals surface area contributed by atoms with Crippen LogP contribution in [0.1, 0.15) is 18.9 Å². The number of hydrogen-bond donors (Lipinski definition) is 0. The Labute approximate surface area is 79.8 Å². The first-order valence-electron chi connectivity index (χ1n) is 4.39. The first-order valence-corrected chi connectivity index (χ1v) is 4.39. The van der Waals surface area contributed by atoms with Crippen molar-refractivity contribution in [2.75, 3.05) is 7.05 Å². The zero-order valence-electron chi connectivity index (χ0n) is 8.25. The van der Waals surface area contributed by atoms with E-state index in [2.05, 4.69) is 23.7 Å². The van der Waals surface area contributed by atoms with Gasteiger partial charge in [-0.2, -0.15) is 0 Å². The van der Waals surface area contributed by atoms with E-state index in [1.54, 1.807) is 0 Å². The zero-order valence-corrected chi connectivity index (χ0v) is 8.25. The number of hydrogen-bond acceptors (Lipinski definition) is 1. The summed E-state index contributed by atoms with van der Waals surface area (Å²) in [7, 11) is 1.81. The molecule has 1 aromatic carbocycles. The molecule has 0 saturated carbocycles. The Hall–Kier alpha value is -1.37. The summed E-state index contributed by atoms with van der Waals surface area (Å²) in [4.78, 5) is 4.11. The minimum atomic E-state index is 0.862. The maximum absolute atomic E-state index is 4.11. The topological polar surface area (TPSA) is 12.4 Å². The molecule has 0 unspecified atom stereocenters. The molecule has 0 atom stereocenters. The fourth-order valence-electron chi connectivity index (χ4n) is 1.16. The summed E-state index contributed by atoms with van der Waals surface area (Å²) >= 11 is 0. The first kappa shape index (κ1) is 9.72. The largest absolute Gasteiger partial charge is 0.297 e. The van der Waals surface area contributed by atoms with E-state index in [4.69, 9.17) is 0 Å². The molecule has 0 aliphatic rings. The van der Waals surface area contributed by atoms with Crippen molar-refractivity contribution in [1.82, 2.24) is 0 Å². The summed E-state index contributed by atoms with van der Waals surface area (Å²) < 4.78 is 0. The molecule has 0 radical (unpaired) electrons. The molecule has 0 spiro atoms. The van der Waals surface area contributed by atoms with Crippen LogP contribution in [0.15, 0.2) is 41.9 Å². The van der Waals surface area contributed by atoms with E-state index in [-0.39, 0.29) is 0 Å². The number of aliphatic imine (C=N–C) groups is 1. The third-order valence-corrected chi connectivity index (χ3v) is 2.03. The fraction of sp³-hybridized carbons (Fsp3) is 0.250. The van der Waals surface area contributed by atoms with Crippen LogP contribution >= 0.6 is 0 Å². The monoisotopic (exact) mass is 173 g/mol. The molecule has 0 saturated heterocycles. The van der Waals surface area contributed by atoms with Gasteiger partial charge >= 0.3 is 0 Å². The fourth-order valence-corrected chi connectivity index (χ4v) is 1.16. The van der Waals surface area contributed by atoms with Crippen molar-refractivity contribution in [3.05, 3.63) is 42.5 Å². The standard InChI is InChI=1S/C12H15N/c1-10(9-11(2)13-3)12-7-5-4-6-8-12/h4-8H,1,9H2,2-3H3/b13-11-. The lowest BCUT2D eigenvalue weighted by atomic mass is 10.0. The van der Waals surface area contributed by atoms with Crippen LogP contribution < -0.4 is 0 Å². The zero-order chi connectivity index (χ0) is 9.68. The minimum absolute atomic E-state index is 0.862. The summed E-state index contributed by atoms with van der Waals surface area (Å²) in [5, 5.41) is 0. The van der Waals surface area contributed by atoms with Gasteiger partial charge in [0.15, 0.2) is 0 Å². The van der Waals surface area contributed by atoms with Gasteiger partial charge in [-0.3, -0.25) is 4.99 Å². The molecule has 0 amide bonds. The molecule has 0 aliphatic carbocycles. The lowest BCUT2D eigenvalue weighted by molar-refractivity contribution is 1.34. The van der Waals surface area contributed by atoms with Gasteiger partial charge in [-0.1, -0.05) is 36.9 Å². The molecule has 0 bridgehead atoms. The second kappa shape index (κ2) is 4.61. The molecule has 1 nitrogen and oxygen atoms in total. The van der Waals surface area contributed by atoms with Crippen LogP contribution in [-0.4, -0.2) is 12.8 Å². The summed E-state index contributed by atoms with van der Waals surface area (Å²) in [5.41, 5.74) is 3.45. The van der Waals surface area contributed by atoms with Crippen LogP contribution in [-0.2, 0) is 0 Å². The van der Waals surface area contributed by atoms with E-state index >= 15 is 0 Å². The van der Waals surface area contributed by atoms with Crippen LogP contribution in [0.2, 0.25) is 0 Å². The van der Waals surface area contributed by atoms with Crippen LogP contribution in [0.3, 0.4) is 0 Å². The van der Waals surface area contributed by atoms with Gasteiger partial charge in [-0.25, -0.2) is 0 Å². The molecule has 0 fully saturated rings. The number of allylic oxidation sites excluding steroid dienone is 1. The van der Waals surface area contributed by atoms with Gasteiger partial charge in [0.1, 0.15) is 0 Å². The predicted octanol–water partition coefficient (Wildman–Crippen LogP) is 3.18. The molecular formula is C12H15N. The lowest BCUT2D eigenvalue weighted by Gasteiger charge is -2.04. The van der Waals surface area contributed by atoms with Crippen molar-refractivity contribution in [1.29, 1.82) is 0 Å². The Morgan fingerprint density at radius 1 is 1.31 bits per heavy atom. The highest BCUT2D eigenvalue weighted by molar-refractivity contribution is 5.91. The maximum Gasteiger partial charge on any atom is 0.0276 e. The summed E-state index contributed by atoms with van der Waals surface area (Å²) in [6.45, 7) is 6.05. The van der Waals surface area contributed by atoms with Crippen LogP contribution in [0, 0.1) is 0 Å². The van der Waals surface area contributed by atoms with E-state index < -0.39 is 0 Å². The number of rotatable bonds is 3. The Balaban J connectivity index is 2.70. The van der Waals surface area contributed by atoms with Crippen molar-refractivity contribution < 1.29 is 0 Å². The van der Waals surface area contributed by atoms with Crippen molar-refractivity contribution >= 4 is 11.3 Å². The SMILES string of the molecule is C=C(C/C(C)=N\C)c1ccccc1. The van der Waals surface area contributed by atoms with Crippen molar-refractivity contribution in [3.63, 3.8) is 0 Å². The highest BCUT2D eigenvalue weighted by Crippen LogP contribution is 2.15. The molecule has 0 aliphatic heterocycles. The average molecular weight is 173 g/mol. The minimum Gasteiger partial charge on any atom is -0.297 e. The van der Waals surface area contributed by atoms with Crippen LogP contribution in [0.5, 0.6) is 0 Å². The van der Waals surface area contributed by atoms with Crippen LogP contribution in [0.25, 0.3) is 5.57 Å². The lowest BCUT2D eigenvalue weighted by Crippen LogP contribution is -1.92. The van der Waals surface area contributed by atoms with Crippen molar-refractivity contribution in [2.45, 2.75) is 13.3 Å². The Bertz CT molecular complexity index is 309. The second-order valence-electron chi connectivity index (χ2n) is 3.11. The van der Waals surface area contributed by atoms with E-state index in [9.17, 15) is 0 Å². The van der Waals surface area contributed by atoms with Gasteiger partial charge in [0.2, 0.25) is 0 Å². The highest BCUT2D eigenvalue weighted by Gasteiger charge is 1.98. The highest BCUT2D eigenvalue weighted by atomic mass is 14.7. The molecular weight excluding hydrogens is 158 g/mol. The molecule has 68 valence electrons. The molecule has 1 heteroatoms. The summed E-state index contributed by atoms with van der Waals surface area (Å²) in [6.07, 6.45) is 0.862. The van der Waals surface area contributed by atoms with Gasteiger partial charge in [0.05, 0.1) is 0 Å². The third-order valence-electron chi connectivity index (χ3n) is 2.03. The molecule has 13 heavy (non-hydrogen) atoms. The number of nitrogens with zero attached hydrogens (tertiary/aromatic N) is 1. The average Bonchev–Trinajstić information content (AvgIpc) is 2.19. The van der Waals surface area contributed by atoms with Gasteiger partial charge in [-0.15, -0.1) is 0 Å².